The molecule has 2 heterocycles. The SMILES string of the molecule is CCCCCNC(=O)c1nn(-c2ccc(Cl)cc2Cl)c(-c2ccc(Cl)s2)c1C. The van der Waals surface area contributed by atoms with Gasteiger partial charge < -0.3 is 5.32 Å². The summed E-state index contributed by atoms with van der Waals surface area (Å²) >= 11 is 20.0. The van der Waals surface area contributed by atoms with Gasteiger partial charge in [-0.05, 0) is 43.7 Å². The second kappa shape index (κ2) is 9.31. The maximum absolute atomic E-state index is 12.7. The fraction of sp³-hybridized carbons (Fsp3) is 0.300. The molecule has 0 atom stereocenters. The van der Waals surface area contributed by atoms with Gasteiger partial charge in [0.2, 0.25) is 0 Å². The van der Waals surface area contributed by atoms with E-state index in [0.29, 0.717) is 32.3 Å². The van der Waals surface area contributed by atoms with Crippen LogP contribution in [0, 0.1) is 6.92 Å². The number of hydrogen-bond donors (Lipinski definition) is 1. The fourth-order valence-electron chi connectivity index (χ4n) is 2.93. The third-order valence-electron chi connectivity index (χ3n) is 4.35. The molecule has 148 valence electrons. The van der Waals surface area contributed by atoms with Crippen molar-refractivity contribution >= 4 is 52.0 Å². The number of thiophene rings is 1. The first-order valence-corrected chi connectivity index (χ1v) is 11.0. The summed E-state index contributed by atoms with van der Waals surface area (Å²) in [6.07, 6.45) is 3.12. The zero-order valence-electron chi connectivity index (χ0n) is 15.6. The molecule has 4 nitrogen and oxygen atoms in total. The monoisotopic (exact) mass is 455 g/mol. The molecule has 3 aromatic rings. The highest BCUT2D eigenvalue weighted by molar-refractivity contribution is 7.19. The van der Waals surface area contributed by atoms with E-state index in [4.69, 9.17) is 34.8 Å². The predicted octanol–water partition coefficient (Wildman–Crippen LogP) is 6.79. The molecular formula is C20H20Cl3N3OS. The molecule has 0 aliphatic carbocycles. The zero-order chi connectivity index (χ0) is 20.3. The van der Waals surface area contributed by atoms with Gasteiger partial charge in [-0.1, -0.05) is 54.6 Å². The third kappa shape index (κ3) is 4.54. The number of benzene rings is 1. The number of halogens is 3. The Labute approximate surface area is 183 Å². The van der Waals surface area contributed by atoms with Crippen LogP contribution < -0.4 is 5.32 Å². The van der Waals surface area contributed by atoms with E-state index in [1.165, 1.54) is 11.3 Å². The molecule has 0 aliphatic rings. The zero-order valence-corrected chi connectivity index (χ0v) is 18.6. The molecule has 28 heavy (non-hydrogen) atoms. The first kappa shape index (κ1) is 21.2. The predicted molar refractivity (Wildman–Crippen MR) is 119 cm³/mol. The van der Waals surface area contributed by atoms with Crippen LogP contribution in [0.2, 0.25) is 14.4 Å². The molecule has 0 saturated carbocycles. The molecule has 0 radical (unpaired) electrons. The third-order valence-corrected chi connectivity index (χ3v) is 6.12. The molecule has 0 aliphatic heterocycles. The van der Waals surface area contributed by atoms with E-state index in [-0.39, 0.29) is 5.91 Å². The van der Waals surface area contributed by atoms with Crippen molar-refractivity contribution in [2.24, 2.45) is 0 Å². The number of nitrogens with one attached hydrogen (secondary N) is 1. The van der Waals surface area contributed by atoms with Gasteiger partial charge in [0.25, 0.3) is 5.91 Å². The highest BCUT2D eigenvalue weighted by Crippen LogP contribution is 2.37. The van der Waals surface area contributed by atoms with Crippen molar-refractivity contribution in [2.75, 3.05) is 6.54 Å². The van der Waals surface area contributed by atoms with E-state index in [9.17, 15) is 4.79 Å². The van der Waals surface area contributed by atoms with E-state index < -0.39 is 0 Å². The normalized spacial score (nSPS) is 11.0. The van der Waals surface area contributed by atoms with Crippen molar-refractivity contribution in [3.8, 4) is 16.3 Å². The van der Waals surface area contributed by atoms with Crippen LogP contribution in [-0.2, 0) is 0 Å². The molecule has 1 amide bonds. The quantitative estimate of drug-likeness (QED) is 0.398. The van der Waals surface area contributed by atoms with Crippen molar-refractivity contribution in [2.45, 2.75) is 33.1 Å². The Bertz CT molecular complexity index is 997. The molecular weight excluding hydrogens is 437 g/mol. The van der Waals surface area contributed by atoms with E-state index in [1.807, 2.05) is 19.1 Å². The van der Waals surface area contributed by atoms with Gasteiger partial charge in [-0.2, -0.15) is 5.10 Å². The molecule has 1 aromatic carbocycles. The summed E-state index contributed by atoms with van der Waals surface area (Å²) in [5.74, 6) is -0.193. The number of hydrogen-bond acceptors (Lipinski definition) is 3. The summed E-state index contributed by atoms with van der Waals surface area (Å²) in [6, 6.07) is 8.94. The molecule has 0 unspecified atom stereocenters. The average molecular weight is 457 g/mol. The number of carbonyl (C=O) groups excluding carboxylic acids is 1. The Morgan fingerprint density at radius 2 is 1.96 bits per heavy atom. The lowest BCUT2D eigenvalue weighted by Gasteiger charge is -2.09. The van der Waals surface area contributed by atoms with Gasteiger partial charge in [-0.15, -0.1) is 11.3 Å². The van der Waals surface area contributed by atoms with E-state index in [1.54, 1.807) is 22.9 Å². The van der Waals surface area contributed by atoms with Gasteiger partial charge in [0.1, 0.15) is 0 Å². The van der Waals surface area contributed by atoms with E-state index in [0.717, 1.165) is 35.4 Å². The van der Waals surface area contributed by atoms with Crippen molar-refractivity contribution < 1.29 is 4.79 Å². The first-order valence-electron chi connectivity index (χ1n) is 9.01. The van der Waals surface area contributed by atoms with Crippen molar-refractivity contribution in [3.63, 3.8) is 0 Å². The molecule has 1 N–H and O–H groups in total. The Morgan fingerprint density at radius 1 is 1.18 bits per heavy atom. The van der Waals surface area contributed by atoms with Crippen LogP contribution in [0.25, 0.3) is 16.3 Å². The van der Waals surface area contributed by atoms with Crippen molar-refractivity contribution in [1.82, 2.24) is 15.1 Å². The number of carbonyl (C=O) groups is 1. The van der Waals surface area contributed by atoms with E-state index >= 15 is 0 Å². The van der Waals surface area contributed by atoms with Crippen LogP contribution in [0.5, 0.6) is 0 Å². The van der Waals surface area contributed by atoms with Gasteiger partial charge in [0.15, 0.2) is 5.69 Å². The minimum atomic E-state index is -0.193. The topological polar surface area (TPSA) is 46.9 Å². The summed E-state index contributed by atoms with van der Waals surface area (Å²) in [6.45, 7) is 4.64. The van der Waals surface area contributed by atoms with Crippen LogP contribution in [0.4, 0.5) is 0 Å². The second-order valence-corrected chi connectivity index (χ2v) is 8.96. The highest BCUT2D eigenvalue weighted by Gasteiger charge is 2.24. The standard InChI is InChI=1S/C20H20Cl3N3OS/c1-3-4-5-10-24-20(27)18-12(2)19(16-8-9-17(23)28-16)26(25-18)15-7-6-13(21)11-14(15)22/h6-9,11H,3-5,10H2,1-2H3,(H,24,27). The molecule has 0 bridgehead atoms. The average Bonchev–Trinajstić information content (AvgIpc) is 3.21. The largest absolute Gasteiger partial charge is 0.351 e. The molecule has 0 fully saturated rings. The van der Waals surface area contributed by atoms with Crippen LogP contribution in [0.15, 0.2) is 30.3 Å². The van der Waals surface area contributed by atoms with Crippen molar-refractivity contribution in [1.29, 1.82) is 0 Å². The summed E-state index contributed by atoms with van der Waals surface area (Å²) in [4.78, 5) is 13.6. The number of amides is 1. The molecule has 0 spiro atoms. The lowest BCUT2D eigenvalue weighted by molar-refractivity contribution is 0.0947. The minimum absolute atomic E-state index is 0.193. The summed E-state index contributed by atoms with van der Waals surface area (Å²) in [7, 11) is 0. The lowest BCUT2D eigenvalue weighted by Crippen LogP contribution is -2.25. The molecule has 2 aromatic heterocycles. The Morgan fingerprint density at radius 3 is 2.61 bits per heavy atom. The maximum Gasteiger partial charge on any atom is 0.272 e. The van der Waals surface area contributed by atoms with Crippen LogP contribution in [0.1, 0.15) is 42.2 Å². The van der Waals surface area contributed by atoms with E-state index in [2.05, 4.69) is 17.3 Å². The van der Waals surface area contributed by atoms with Gasteiger partial charge >= 0.3 is 0 Å². The van der Waals surface area contributed by atoms with Gasteiger partial charge in [0, 0.05) is 17.1 Å². The first-order chi connectivity index (χ1) is 13.4. The number of nitrogens with zero attached hydrogens (tertiary/aromatic N) is 2. The molecule has 3 rings (SSSR count). The number of unbranched alkanes of at least 4 members (excludes halogenated alkanes) is 2. The van der Waals surface area contributed by atoms with Crippen LogP contribution in [-0.4, -0.2) is 22.2 Å². The van der Waals surface area contributed by atoms with Gasteiger partial charge in [-0.3, -0.25) is 4.79 Å². The van der Waals surface area contributed by atoms with Gasteiger partial charge in [-0.25, -0.2) is 4.68 Å². The summed E-state index contributed by atoms with van der Waals surface area (Å²) in [5, 5.41) is 8.54. The fourth-order valence-corrected chi connectivity index (χ4v) is 4.55. The number of rotatable bonds is 7. The van der Waals surface area contributed by atoms with Crippen molar-refractivity contribution in [3.05, 3.63) is 56.0 Å². The lowest BCUT2D eigenvalue weighted by atomic mass is 10.1. The second-order valence-electron chi connectivity index (χ2n) is 6.40. The van der Waals surface area contributed by atoms with Gasteiger partial charge in [0.05, 0.1) is 25.6 Å². The van der Waals surface area contributed by atoms with Crippen LogP contribution >= 0.6 is 46.1 Å². The Balaban J connectivity index is 2.06. The Kier molecular flexibility index (Phi) is 7.05. The maximum atomic E-state index is 12.7. The van der Waals surface area contributed by atoms with Crippen LogP contribution in [0.3, 0.4) is 0 Å². The molecule has 8 heteroatoms. The highest BCUT2D eigenvalue weighted by atomic mass is 35.5. The smallest absolute Gasteiger partial charge is 0.272 e. The number of aromatic nitrogens is 2. The Hall–Kier alpha value is -1.53. The summed E-state index contributed by atoms with van der Waals surface area (Å²) < 4.78 is 2.35. The minimum Gasteiger partial charge on any atom is -0.351 e. The molecule has 0 saturated heterocycles. The summed E-state index contributed by atoms with van der Waals surface area (Å²) in [5.41, 5.74) is 2.60.